The van der Waals surface area contributed by atoms with Crippen LogP contribution in [0.15, 0.2) is 48.7 Å². The summed E-state index contributed by atoms with van der Waals surface area (Å²) in [6, 6.07) is 11.2. The maximum atomic E-state index is 13.7. The Hall–Kier alpha value is -3.04. The van der Waals surface area contributed by atoms with E-state index in [4.69, 9.17) is 4.74 Å². The van der Waals surface area contributed by atoms with Crippen molar-refractivity contribution in [2.24, 2.45) is 0 Å². The highest BCUT2D eigenvalue weighted by Gasteiger charge is 2.34. The highest BCUT2D eigenvalue weighted by Crippen LogP contribution is 2.37. The van der Waals surface area contributed by atoms with E-state index in [1.807, 2.05) is 0 Å². The third kappa shape index (κ3) is 5.23. The van der Waals surface area contributed by atoms with Crippen LogP contribution in [0, 0.1) is 0 Å². The first-order valence-electron chi connectivity index (χ1n) is 10.5. The fourth-order valence-electron chi connectivity index (χ4n) is 3.81. The van der Waals surface area contributed by atoms with E-state index in [1.165, 1.54) is 12.3 Å². The molecule has 170 valence electrons. The number of carbonyl (C=O) groups excluding carboxylic acids is 1. The number of amides is 1. The zero-order valence-corrected chi connectivity index (χ0v) is 17.5. The summed E-state index contributed by atoms with van der Waals surface area (Å²) in [5.74, 6) is -0.298. The van der Waals surface area contributed by atoms with Gasteiger partial charge in [0.1, 0.15) is 0 Å². The van der Waals surface area contributed by atoms with Crippen molar-refractivity contribution < 1.29 is 22.7 Å². The van der Waals surface area contributed by atoms with Gasteiger partial charge >= 0.3 is 6.18 Å². The summed E-state index contributed by atoms with van der Waals surface area (Å²) in [6.45, 7) is 4.36. The van der Waals surface area contributed by atoms with Gasteiger partial charge < -0.3 is 20.7 Å². The van der Waals surface area contributed by atoms with Crippen LogP contribution in [0.4, 0.5) is 30.2 Å². The summed E-state index contributed by atoms with van der Waals surface area (Å²) in [6.07, 6.45) is -2.33. The smallest absolute Gasteiger partial charge is 0.385 e. The second-order valence-electron chi connectivity index (χ2n) is 7.69. The number of hydrogen-bond donors (Lipinski definition) is 3. The molecular weight excluding hydrogens is 421 g/mol. The number of fused-ring (bicyclic) bond motifs is 1. The third-order valence-corrected chi connectivity index (χ3v) is 5.49. The fraction of sp³-hybridized carbons (Fsp3) is 0.348. The minimum Gasteiger partial charge on any atom is -0.385 e. The zero-order chi connectivity index (χ0) is 22.6. The van der Waals surface area contributed by atoms with Gasteiger partial charge in [0.25, 0.3) is 5.91 Å². The number of alkyl halides is 3. The van der Waals surface area contributed by atoms with Crippen LogP contribution in [-0.4, -0.2) is 50.2 Å². The first-order valence-corrected chi connectivity index (χ1v) is 10.5. The predicted octanol–water partition coefficient (Wildman–Crippen LogP) is 4.24. The summed E-state index contributed by atoms with van der Waals surface area (Å²) in [5, 5.41) is 8.49. The van der Waals surface area contributed by atoms with E-state index in [2.05, 4.69) is 20.9 Å². The lowest BCUT2D eigenvalue weighted by Crippen LogP contribution is -2.37. The van der Waals surface area contributed by atoms with Gasteiger partial charge in [-0.3, -0.25) is 9.69 Å². The molecule has 4 rings (SSSR count). The number of para-hydroxylation sites is 1. The summed E-state index contributed by atoms with van der Waals surface area (Å²) in [7, 11) is 0. The molecular formula is C23H25F3N4O2. The molecule has 9 heteroatoms. The SMILES string of the molecule is O=C1Nc2ccccc2/C1=C/Nc1ccc(NCCCN2CCOCC2)c(C(F)(F)F)c1. The Labute approximate surface area is 184 Å². The fourth-order valence-corrected chi connectivity index (χ4v) is 3.81. The molecule has 2 aromatic rings. The molecule has 0 bridgehead atoms. The molecule has 0 spiro atoms. The van der Waals surface area contributed by atoms with Crippen LogP contribution >= 0.6 is 0 Å². The van der Waals surface area contributed by atoms with Crippen molar-refractivity contribution in [1.29, 1.82) is 0 Å². The average Bonchev–Trinajstić information content (AvgIpc) is 3.10. The summed E-state index contributed by atoms with van der Waals surface area (Å²) >= 11 is 0. The molecule has 1 fully saturated rings. The van der Waals surface area contributed by atoms with E-state index in [-0.39, 0.29) is 17.3 Å². The summed E-state index contributed by atoms with van der Waals surface area (Å²) < 4.78 is 46.3. The Bertz CT molecular complexity index is 1000. The first kappa shape index (κ1) is 22.2. The molecule has 2 aliphatic rings. The van der Waals surface area contributed by atoms with Gasteiger partial charge in [0.2, 0.25) is 0 Å². The van der Waals surface area contributed by atoms with Crippen LogP contribution in [-0.2, 0) is 15.7 Å². The van der Waals surface area contributed by atoms with Crippen LogP contribution in [0.3, 0.4) is 0 Å². The molecule has 32 heavy (non-hydrogen) atoms. The standard InChI is InChI=1S/C23H25F3N4O2/c24-23(25,26)19-14-16(28-15-18-17-4-1-2-5-20(17)29-22(18)31)6-7-21(19)27-8-3-9-30-10-12-32-13-11-30/h1-2,4-7,14-15,27-28H,3,8-13H2,(H,29,31)/b18-15-. The van der Waals surface area contributed by atoms with Crippen molar-refractivity contribution in [2.45, 2.75) is 12.6 Å². The second-order valence-corrected chi connectivity index (χ2v) is 7.69. The normalized spacial score (nSPS) is 17.8. The van der Waals surface area contributed by atoms with E-state index in [9.17, 15) is 18.0 Å². The highest BCUT2D eigenvalue weighted by atomic mass is 19.4. The van der Waals surface area contributed by atoms with E-state index in [0.29, 0.717) is 36.6 Å². The summed E-state index contributed by atoms with van der Waals surface area (Å²) in [4.78, 5) is 14.4. The van der Waals surface area contributed by atoms with Crippen LogP contribution in [0.25, 0.3) is 5.57 Å². The lowest BCUT2D eigenvalue weighted by atomic mass is 10.1. The molecule has 3 N–H and O–H groups in total. The molecule has 0 unspecified atom stereocenters. The Kier molecular flexibility index (Phi) is 6.66. The molecule has 1 amide bonds. The van der Waals surface area contributed by atoms with E-state index >= 15 is 0 Å². The predicted molar refractivity (Wildman–Crippen MR) is 118 cm³/mol. The monoisotopic (exact) mass is 446 g/mol. The molecule has 0 aliphatic carbocycles. The second kappa shape index (κ2) is 9.62. The van der Waals surface area contributed by atoms with Crippen molar-refractivity contribution in [1.82, 2.24) is 4.90 Å². The molecule has 2 aromatic carbocycles. The van der Waals surface area contributed by atoms with Gasteiger partial charge in [0.15, 0.2) is 0 Å². The number of halogens is 3. The lowest BCUT2D eigenvalue weighted by Gasteiger charge is -2.26. The minimum absolute atomic E-state index is 0.0432. The Balaban J connectivity index is 1.42. The van der Waals surface area contributed by atoms with Crippen LogP contribution in [0.5, 0.6) is 0 Å². The summed E-state index contributed by atoms with van der Waals surface area (Å²) in [5.41, 5.74) is 1.31. The van der Waals surface area contributed by atoms with Crippen molar-refractivity contribution in [3.05, 3.63) is 59.8 Å². The quantitative estimate of drug-likeness (QED) is 0.439. The molecule has 0 atom stereocenters. The number of carbonyl (C=O) groups is 1. The van der Waals surface area contributed by atoms with Crippen LogP contribution < -0.4 is 16.0 Å². The van der Waals surface area contributed by atoms with Gasteiger partial charge in [-0.2, -0.15) is 13.2 Å². The van der Waals surface area contributed by atoms with Gasteiger partial charge in [-0.25, -0.2) is 0 Å². The molecule has 0 aromatic heterocycles. The minimum atomic E-state index is -4.51. The van der Waals surface area contributed by atoms with Crippen molar-refractivity contribution in [2.75, 3.05) is 55.3 Å². The number of hydrogen-bond acceptors (Lipinski definition) is 5. The number of anilines is 3. The van der Waals surface area contributed by atoms with Crippen LogP contribution in [0.2, 0.25) is 0 Å². The number of rotatable bonds is 7. The number of morpholine rings is 1. The Morgan fingerprint density at radius 1 is 1.12 bits per heavy atom. The number of benzene rings is 2. The lowest BCUT2D eigenvalue weighted by molar-refractivity contribution is -0.136. The first-order chi connectivity index (χ1) is 15.4. The zero-order valence-electron chi connectivity index (χ0n) is 17.5. The van der Waals surface area contributed by atoms with E-state index < -0.39 is 11.7 Å². The number of ether oxygens (including phenoxy) is 1. The van der Waals surface area contributed by atoms with Gasteiger partial charge in [0.05, 0.1) is 24.4 Å². The number of nitrogens with zero attached hydrogens (tertiary/aromatic N) is 1. The van der Waals surface area contributed by atoms with E-state index in [1.54, 1.807) is 30.3 Å². The topological polar surface area (TPSA) is 65.6 Å². The van der Waals surface area contributed by atoms with Gasteiger partial charge in [-0.1, -0.05) is 18.2 Å². The maximum absolute atomic E-state index is 13.7. The maximum Gasteiger partial charge on any atom is 0.418 e. The number of nitrogens with one attached hydrogen (secondary N) is 3. The Morgan fingerprint density at radius 2 is 1.91 bits per heavy atom. The molecule has 1 saturated heterocycles. The Morgan fingerprint density at radius 3 is 2.69 bits per heavy atom. The van der Waals surface area contributed by atoms with Crippen molar-refractivity contribution in [3.63, 3.8) is 0 Å². The molecule has 2 aliphatic heterocycles. The van der Waals surface area contributed by atoms with Crippen LogP contribution in [0.1, 0.15) is 17.5 Å². The highest BCUT2D eigenvalue weighted by molar-refractivity contribution is 6.31. The van der Waals surface area contributed by atoms with Gasteiger partial charge in [-0.15, -0.1) is 0 Å². The molecule has 6 nitrogen and oxygen atoms in total. The largest absolute Gasteiger partial charge is 0.418 e. The van der Waals surface area contributed by atoms with Gasteiger partial charge in [-0.05, 0) is 37.2 Å². The molecule has 0 radical (unpaired) electrons. The molecule has 0 saturated carbocycles. The van der Waals surface area contributed by atoms with E-state index in [0.717, 1.165) is 32.1 Å². The average molecular weight is 446 g/mol. The third-order valence-electron chi connectivity index (χ3n) is 5.49. The van der Waals surface area contributed by atoms with Crippen molar-refractivity contribution in [3.8, 4) is 0 Å². The van der Waals surface area contributed by atoms with Gasteiger partial charge in [0, 0.05) is 48.5 Å². The molecule has 2 heterocycles. The van der Waals surface area contributed by atoms with Crippen molar-refractivity contribution >= 4 is 28.5 Å².